The highest BCUT2D eigenvalue weighted by molar-refractivity contribution is 5.80. The topological polar surface area (TPSA) is 102 Å². The molecule has 1 aromatic carbocycles. The maximum Gasteiger partial charge on any atom is 0.223 e. The molecule has 30 heavy (non-hydrogen) atoms. The fourth-order valence-corrected chi connectivity index (χ4v) is 4.63. The lowest BCUT2D eigenvalue weighted by Gasteiger charge is -2.38. The molecule has 8 heteroatoms. The van der Waals surface area contributed by atoms with Crippen LogP contribution in [0.2, 0.25) is 0 Å². The van der Waals surface area contributed by atoms with Gasteiger partial charge in [0.2, 0.25) is 5.91 Å². The fraction of sp³-hybridized carbons (Fsp3) is 0.636. The van der Waals surface area contributed by atoms with Gasteiger partial charge < -0.3 is 24.8 Å². The molecule has 2 aromatic rings. The number of aromatic amines is 1. The number of carbonyl (C=O) groups is 1. The van der Waals surface area contributed by atoms with E-state index in [0.717, 1.165) is 22.4 Å². The van der Waals surface area contributed by atoms with Crippen LogP contribution < -0.4 is 0 Å². The molecule has 4 rings (SSSR count). The molecule has 0 radical (unpaired) electrons. The lowest BCUT2D eigenvalue weighted by molar-refractivity contribution is -0.132. The molecule has 0 bridgehead atoms. The summed E-state index contributed by atoms with van der Waals surface area (Å²) >= 11 is 0. The zero-order chi connectivity index (χ0) is 21.3. The molecule has 0 saturated carbocycles. The van der Waals surface area contributed by atoms with E-state index >= 15 is 0 Å². The minimum atomic E-state index is -0.859. The van der Waals surface area contributed by atoms with E-state index < -0.39 is 12.2 Å². The molecule has 3 atom stereocenters. The highest BCUT2D eigenvalue weighted by Crippen LogP contribution is 2.21. The Morgan fingerprint density at radius 1 is 1.23 bits per heavy atom. The first-order valence-electron chi connectivity index (χ1n) is 10.8. The molecule has 2 saturated heterocycles. The minimum absolute atomic E-state index is 0.0305. The zero-order valence-electron chi connectivity index (χ0n) is 17.8. The molecular formula is C22H32N4O4. The summed E-state index contributed by atoms with van der Waals surface area (Å²) in [6.45, 7) is 7.61. The monoisotopic (exact) mass is 416 g/mol. The van der Waals surface area contributed by atoms with Gasteiger partial charge in [0.05, 0.1) is 42.5 Å². The molecule has 0 unspecified atom stereocenters. The lowest BCUT2D eigenvalue weighted by atomic mass is 10.0. The Bertz CT molecular complexity index is 893. The molecule has 2 fully saturated rings. The molecular weight excluding hydrogens is 384 g/mol. The lowest BCUT2D eigenvalue weighted by Crippen LogP contribution is -2.55. The molecule has 2 aliphatic heterocycles. The van der Waals surface area contributed by atoms with E-state index in [9.17, 15) is 15.0 Å². The van der Waals surface area contributed by atoms with Crippen LogP contribution in [-0.4, -0.2) is 93.5 Å². The van der Waals surface area contributed by atoms with Crippen molar-refractivity contribution in [2.24, 2.45) is 0 Å². The van der Waals surface area contributed by atoms with E-state index in [0.29, 0.717) is 58.7 Å². The zero-order valence-corrected chi connectivity index (χ0v) is 17.8. The van der Waals surface area contributed by atoms with Crippen molar-refractivity contribution < 1.29 is 19.7 Å². The van der Waals surface area contributed by atoms with Crippen molar-refractivity contribution in [1.82, 2.24) is 19.8 Å². The van der Waals surface area contributed by atoms with Gasteiger partial charge in [-0.3, -0.25) is 9.69 Å². The average molecular weight is 417 g/mol. The van der Waals surface area contributed by atoms with Crippen LogP contribution in [0.5, 0.6) is 0 Å². The molecule has 3 heterocycles. The number of rotatable bonds is 4. The smallest absolute Gasteiger partial charge is 0.223 e. The number of benzene rings is 1. The number of nitrogens with one attached hydrogen (secondary N) is 1. The normalized spacial score (nSPS) is 26.1. The van der Waals surface area contributed by atoms with E-state index in [4.69, 9.17) is 4.74 Å². The van der Waals surface area contributed by atoms with Crippen molar-refractivity contribution in [3.8, 4) is 0 Å². The number of nitrogens with zero attached hydrogens (tertiary/aromatic N) is 3. The van der Waals surface area contributed by atoms with E-state index in [1.54, 1.807) is 4.90 Å². The number of morpholine rings is 1. The molecule has 8 nitrogen and oxygen atoms in total. The second kappa shape index (κ2) is 9.01. The molecule has 164 valence electrons. The largest absolute Gasteiger partial charge is 0.390 e. The molecule has 0 spiro atoms. The summed E-state index contributed by atoms with van der Waals surface area (Å²) in [6.07, 6.45) is -0.410. The Kier molecular flexibility index (Phi) is 6.38. The van der Waals surface area contributed by atoms with Crippen LogP contribution >= 0.6 is 0 Å². The van der Waals surface area contributed by atoms with Gasteiger partial charge in [-0.15, -0.1) is 0 Å². The number of ether oxygens (including phenoxy) is 1. The van der Waals surface area contributed by atoms with Crippen molar-refractivity contribution in [1.29, 1.82) is 0 Å². The Balaban J connectivity index is 1.42. The molecule has 1 amide bonds. The van der Waals surface area contributed by atoms with Crippen molar-refractivity contribution in [2.75, 3.05) is 39.4 Å². The van der Waals surface area contributed by atoms with Gasteiger partial charge in [-0.25, -0.2) is 4.98 Å². The van der Waals surface area contributed by atoms with Crippen LogP contribution in [0, 0.1) is 13.8 Å². The van der Waals surface area contributed by atoms with Crippen LogP contribution in [0.15, 0.2) is 12.1 Å². The van der Waals surface area contributed by atoms with Gasteiger partial charge in [0, 0.05) is 39.0 Å². The fourth-order valence-electron chi connectivity index (χ4n) is 4.63. The number of hydrogen-bond donors (Lipinski definition) is 3. The number of aliphatic hydroxyl groups excluding tert-OH is 2. The van der Waals surface area contributed by atoms with Crippen LogP contribution in [0.25, 0.3) is 11.0 Å². The van der Waals surface area contributed by atoms with E-state index in [-0.39, 0.29) is 11.9 Å². The van der Waals surface area contributed by atoms with E-state index in [2.05, 4.69) is 33.9 Å². The van der Waals surface area contributed by atoms with Crippen molar-refractivity contribution >= 4 is 16.9 Å². The van der Waals surface area contributed by atoms with Gasteiger partial charge in [0.1, 0.15) is 5.82 Å². The summed E-state index contributed by atoms with van der Waals surface area (Å²) in [5.41, 5.74) is 4.27. The number of H-pyrrole nitrogens is 1. The summed E-state index contributed by atoms with van der Waals surface area (Å²) in [5.74, 6) is 0.842. The molecule has 1 aromatic heterocycles. The van der Waals surface area contributed by atoms with Crippen LogP contribution in [0.1, 0.15) is 29.8 Å². The number of amides is 1. The summed E-state index contributed by atoms with van der Waals surface area (Å²) < 4.78 is 5.41. The van der Waals surface area contributed by atoms with Crippen LogP contribution in [0.4, 0.5) is 0 Å². The van der Waals surface area contributed by atoms with Crippen molar-refractivity contribution in [3.63, 3.8) is 0 Å². The third-order valence-corrected chi connectivity index (χ3v) is 6.30. The van der Waals surface area contributed by atoms with Gasteiger partial charge in [0.25, 0.3) is 0 Å². The number of aryl methyl sites for hydroxylation is 3. The minimum Gasteiger partial charge on any atom is -0.390 e. The summed E-state index contributed by atoms with van der Waals surface area (Å²) in [6, 6.07) is 3.91. The van der Waals surface area contributed by atoms with Crippen molar-refractivity contribution in [2.45, 2.75) is 51.4 Å². The molecule has 0 aliphatic carbocycles. The number of carbonyl (C=O) groups excluding carboxylic acids is 1. The maximum atomic E-state index is 13.0. The summed E-state index contributed by atoms with van der Waals surface area (Å²) in [7, 11) is 0. The van der Waals surface area contributed by atoms with Gasteiger partial charge in [0.15, 0.2) is 0 Å². The molecule has 2 aliphatic rings. The van der Waals surface area contributed by atoms with Crippen LogP contribution in [-0.2, 0) is 16.0 Å². The Morgan fingerprint density at radius 3 is 2.77 bits per heavy atom. The number of aliphatic hydroxyl groups is 2. The first-order chi connectivity index (χ1) is 14.4. The Hall–Kier alpha value is -2.00. The first kappa shape index (κ1) is 21.2. The van der Waals surface area contributed by atoms with Gasteiger partial charge in [-0.2, -0.15) is 0 Å². The molecule has 3 N–H and O–H groups in total. The summed E-state index contributed by atoms with van der Waals surface area (Å²) in [4.78, 5) is 24.9. The van der Waals surface area contributed by atoms with E-state index in [1.807, 2.05) is 6.92 Å². The number of aromatic nitrogens is 2. The van der Waals surface area contributed by atoms with Gasteiger partial charge >= 0.3 is 0 Å². The third kappa shape index (κ3) is 4.51. The van der Waals surface area contributed by atoms with Crippen molar-refractivity contribution in [3.05, 3.63) is 29.1 Å². The number of imidazole rings is 1. The Labute approximate surface area is 176 Å². The number of hydrogen-bond acceptors (Lipinski definition) is 6. The quantitative estimate of drug-likeness (QED) is 0.681. The highest BCUT2D eigenvalue weighted by atomic mass is 16.5. The predicted molar refractivity (Wildman–Crippen MR) is 113 cm³/mol. The SMILES string of the molecule is Cc1cc(C)c2nc(CCC(=O)N3CC[C@@H](O)[C@@H](O)[C@H](N4CCOCC4)C3)[nH]c2c1. The second-order valence-electron chi connectivity index (χ2n) is 8.56. The van der Waals surface area contributed by atoms with Gasteiger partial charge in [-0.1, -0.05) is 6.07 Å². The van der Waals surface area contributed by atoms with Gasteiger partial charge in [-0.05, 0) is 37.5 Å². The predicted octanol–water partition coefficient (Wildman–Crippen LogP) is 0.767. The highest BCUT2D eigenvalue weighted by Gasteiger charge is 2.37. The summed E-state index contributed by atoms with van der Waals surface area (Å²) in [5, 5.41) is 21.0. The van der Waals surface area contributed by atoms with Crippen LogP contribution in [0.3, 0.4) is 0 Å². The number of likely N-dealkylation sites (tertiary alicyclic amines) is 1. The average Bonchev–Trinajstić information content (AvgIpc) is 3.08. The maximum absolute atomic E-state index is 13.0. The second-order valence-corrected chi connectivity index (χ2v) is 8.56. The Morgan fingerprint density at radius 2 is 2.00 bits per heavy atom. The first-order valence-corrected chi connectivity index (χ1v) is 10.8. The number of fused-ring (bicyclic) bond motifs is 1. The van der Waals surface area contributed by atoms with E-state index in [1.165, 1.54) is 5.56 Å². The standard InChI is InChI=1S/C22H32N4O4/c1-14-11-15(2)21-16(12-14)23-19(24-21)3-4-20(28)26-6-5-18(27)22(29)17(13-26)25-7-9-30-10-8-25/h11-12,17-18,22,27,29H,3-10,13H2,1-2H3,(H,23,24)/t17-,18-,22+/m1/s1. The third-order valence-electron chi connectivity index (χ3n) is 6.30.